The molecule has 6 heteroatoms. The second-order valence-electron chi connectivity index (χ2n) is 4.60. The fraction of sp³-hybridized carbons (Fsp3) is 0.200. The van der Waals surface area contributed by atoms with Gasteiger partial charge in [0.1, 0.15) is 5.75 Å². The van der Waals surface area contributed by atoms with Crippen LogP contribution in [0.3, 0.4) is 0 Å². The first kappa shape index (κ1) is 16.3. The van der Waals surface area contributed by atoms with E-state index < -0.39 is 9.84 Å². The fourth-order valence-corrected chi connectivity index (χ4v) is 3.39. The van der Waals surface area contributed by atoms with Gasteiger partial charge in [-0.1, -0.05) is 18.2 Å². The highest BCUT2D eigenvalue weighted by Gasteiger charge is 2.14. The van der Waals surface area contributed by atoms with Crippen LogP contribution < -0.4 is 4.74 Å². The van der Waals surface area contributed by atoms with Crippen molar-refractivity contribution in [3.63, 3.8) is 0 Å². The van der Waals surface area contributed by atoms with Gasteiger partial charge in [-0.25, -0.2) is 8.42 Å². The lowest BCUT2D eigenvalue weighted by Crippen LogP contribution is -1.99. The van der Waals surface area contributed by atoms with Crippen LogP contribution in [-0.2, 0) is 9.84 Å². The highest BCUT2D eigenvalue weighted by Crippen LogP contribution is 2.34. The normalized spacial score (nSPS) is 13.0. The quantitative estimate of drug-likeness (QED) is 0.736. The number of ether oxygens (including phenoxy) is 1. The van der Waals surface area contributed by atoms with Crippen LogP contribution >= 0.6 is 27.5 Å². The Hall–Kier alpha value is -1.04. The summed E-state index contributed by atoms with van der Waals surface area (Å²) in [7, 11) is -1.59. The predicted octanol–water partition coefficient (Wildman–Crippen LogP) is 4.19. The van der Waals surface area contributed by atoms with E-state index in [1.807, 2.05) is 18.2 Å². The van der Waals surface area contributed by atoms with E-state index in [4.69, 9.17) is 16.3 Å². The number of methoxy groups -OCH3 is 1. The molecule has 1 unspecified atom stereocenters. The number of hydrogen-bond donors (Lipinski definition) is 0. The smallest absolute Gasteiger partial charge is 0.175 e. The maximum absolute atomic E-state index is 11.4. The Morgan fingerprint density at radius 3 is 2.14 bits per heavy atom. The van der Waals surface area contributed by atoms with Gasteiger partial charge in [-0.2, -0.15) is 0 Å². The number of hydrogen-bond acceptors (Lipinski definition) is 3. The Balaban J connectivity index is 2.31. The molecule has 1 atom stereocenters. The van der Waals surface area contributed by atoms with Gasteiger partial charge in [-0.05, 0) is 51.3 Å². The minimum Gasteiger partial charge on any atom is -0.496 e. The highest BCUT2D eigenvalue weighted by molar-refractivity contribution is 9.10. The van der Waals surface area contributed by atoms with Gasteiger partial charge in [0.25, 0.3) is 0 Å². The third kappa shape index (κ3) is 3.78. The Morgan fingerprint density at radius 1 is 1.10 bits per heavy atom. The molecule has 0 aliphatic heterocycles. The molecular formula is C15H14BrClO3S. The minimum absolute atomic E-state index is 0.283. The Labute approximate surface area is 137 Å². The van der Waals surface area contributed by atoms with Crippen LogP contribution in [0.2, 0.25) is 0 Å². The monoisotopic (exact) mass is 388 g/mol. The summed E-state index contributed by atoms with van der Waals surface area (Å²) in [5.41, 5.74) is 1.73. The van der Waals surface area contributed by atoms with Crippen molar-refractivity contribution < 1.29 is 13.2 Å². The molecule has 2 rings (SSSR count). The van der Waals surface area contributed by atoms with E-state index in [1.165, 1.54) is 6.26 Å². The largest absolute Gasteiger partial charge is 0.496 e. The molecule has 0 aliphatic rings. The summed E-state index contributed by atoms with van der Waals surface area (Å²) < 4.78 is 28.9. The Morgan fingerprint density at radius 2 is 1.67 bits per heavy atom. The molecule has 0 heterocycles. The average Bonchev–Trinajstić information content (AvgIpc) is 2.45. The molecule has 0 N–H and O–H groups in total. The Bertz CT molecular complexity index is 742. The maximum atomic E-state index is 11.4. The van der Waals surface area contributed by atoms with Gasteiger partial charge < -0.3 is 4.74 Å². The van der Waals surface area contributed by atoms with Crippen LogP contribution in [0.4, 0.5) is 0 Å². The van der Waals surface area contributed by atoms with E-state index in [9.17, 15) is 8.42 Å². The summed E-state index contributed by atoms with van der Waals surface area (Å²) in [6.07, 6.45) is 1.18. The number of rotatable bonds is 4. The third-order valence-electron chi connectivity index (χ3n) is 3.07. The van der Waals surface area contributed by atoms with Crippen molar-refractivity contribution in [2.75, 3.05) is 13.4 Å². The van der Waals surface area contributed by atoms with Crippen LogP contribution in [0, 0.1) is 0 Å². The van der Waals surface area contributed by atoms with Crippen LogP contribution in [0.25, 0.3) is 0 Å². The van der Waals surface area contributed by atoms with Crippen molar-refractivity contribution in [2.45, 2.75) is 10.3 Å². The van der Waals surface area contributed by atoms with E-state index in [0.717, 1.165) is 21.3 Å². The molecule has 0 spiro atoms. The number of sulfone groups is 1. The average molecular weight is 390 g/mol. The summed E-state index contributed by atoms with van der Waals surface area (Å²) in [5.74, 6) is 0.732. The van der Waals surface area contributed by atoms with Crippen molar-refractivity contribution in [2.24, 2.45) is 0 Å². The van der Waals surface area contributed by atoms with Crippen molar-refractivity contribution in [3.05, 3.63) is 58.1 Å². The standard InChI is InChI=1S/C15H14BrClO3S/c1-20-14-8-5-11(9-13(14)16)15(17)10-3-6-12(7-4-10)21(2,18)19/h3-9,15H,1-2H3. The van der Waals surface area contributed by atoms with Crippen molar-refractivity contribution >= 4 is 37.4 Å². The topological polar surface area (TPSA) is 43.4 Å². The van der Waals surface area contributed by atoms with E-state index in [2.05, 4.69) is 15.9 Å². The summed E-state index contributed by atoms with van der Waals surface area (Å²) in [6.45, 7) is 0. The zero-order valence-electron chi connectivity index (χ0n) is 11.5. The van der Waals surface area contributed by atoms with Gasteiger partial charge >= 0.3 is 0 Å². The summed E-state index contributed by atoms with van der Waals surface area (Å²) in [5, 5.41) is -0.360. The third-order valence-corrected chi connectivity index (χ3v) is 5.32. The summed E-state index contributed by atoms with van der Waals surface area (Å²) in [6, 6.07) is 12.2. The first-order valence-electron chi connectivity index (χ1n) is 6.10. The zero-order chi connectivity index (χ0) is 15.6. The highest BCUT2D eigenvalue weighted by atomic mass is 79.9. The van der Waals surface area contributed by atoms with Gasteiger partial charge in [0.05, 0.1) is 21.9 Å². The fourth-order valence-electron chi connectivity index (χ4n) is 1.92. The lowest BCUT2D eigenvalue weighted by molar-refractivity contribution is 0.412. The van der Waals surface area contributed by atoms with Gasteiger partial charge in [-0.3, -0.25) is 0 Å². The predicted molar refractivity (Wildman–Crippen MR) is 87.9 cm³/mol. The molecule has 0 aliphatic carbocycles. The first-order valence-corrected chi connectivity index (χ1v) is 9.22. The van der Waals surface area contributed by atoms with Gasteiger partial charge in [0.2, 0.25) is 0 Å². The number of halogens is 2. The molecule has 0 amide bonds. The lowest BCUT2D eigenvalue weighted by atomic mass is 10.0. The van der Waals surface area contributed by atoms with Crippen molar-refractivity contribution in [1.82, 2.24) is 0 Å². The van der Waals surface area contributed by atoms with E-state index in [-0.39, 0.29) is 10.3 Å². The van der Waals surface area contributed by atoms with Crippen LogP contribution in [-0.4, -0.2) is 21.8 Å². The molecule has 0 saturated heterocycles. The molecule has 21 heavy (non-hydrogen) atoms. The van der Waals surface area contributed by atoms with Gasteiger partial charge in [0, 0.05) is 6.26 Å². The van der Waals surface area contributed by atoms with E-state index >= 15 is 0 Å². The number of benzene rings is 2. The van der Waals surface area contributed by atoms with Crippen LogP contribution in [0.1, 0.15) is 16.5 Å². The summed E-state index contributed by atoms with van der Waals surface area (Å²) >= 11 is 9.88. The molecule has 0 saturated carbocycles. The first-order chi connectivity index (χ1) is 9.82. The minimum atomic E-state index is -3.19. The zero-order valence-corrected chi connectivity index (χ0v) is 14.7. The Kier molecular flexibility index (Phi) is 4.96. The molecule has 0 radical (unpaired) electrons. The molecule has 0 fully saturated rings. The second kappa shape index (κ2) is 6.38. The maximum Gasteiger partial charge on any atom is 0.175 e. The molecule has 3 nitrogen and oxygen atoms in total. The van der Waals surface area contributed by atoms with E-state index in [1.54, 1.807) is 31.4 Å². The molecule has 0 aromatic heterocycles. The molecule has 2 aromatic rings. The van der Waals surface area contributed by atoms with Gasteiger partial charge in [-0.15, -0.1) is 11.6 Å². The summed E-state index contributed by atoms with van der Waals surface area (Å²) in [4.78, 5) is 0.283. The molecule has 2 aromatic carbocycles. The molecule has 112 valence electrons. The van der Waals surface area contributed by atoms with Crippen LogP contribution in [0.15, 0.2) is 51.8 Å². The number of alkyl halides is 1. The van der Waals surface area contributed by atoms with Crippen molar-refractivity contribution in [1.29, 1.82) is 0 Å². The van der Waals surface area contributed by atoms with Crippen LogP contribution in [0.5, 0.6) is 5.75 Å². The lowest BCUT2D eigenvalue weighted by Gasteiger charge is -2.13. The molecular weight excluding hydrogens is 376 g/mol. The second-order valence-corrected chi connectivity index (χ2v) is 7.90. The SMILES string of the molecule is COc1ccc(C(Cl)c2ccc(S(C)(=O)=O)cc2)cc1Br. The van der Waals surface area contributed by atoms with Crippen molar-refractivity contribution in [3.8, 4) is 5.75 Å². The van der Waals surface area contributed by atoms with E-state index in [0.29, 0.717) is 0 Å². The van der Waals surface area contributed by atoms with Gasteiger partial charge in [0.15, 0.2) is 9.84 Å². The molecule has 0 bridgehead atoms.